The molecule has 1 N–H and O–H groups in total. The average molecular weight is 342 g/mol. The van der Waals surface area contributed by atoms with Gasteiger partial charge in [-0.05, 0) is 18.2 Å². The first-order chi connectivity index (χ1) is 11.9. The monoisotopic (exact) mass is 342 g/mol. The second-order valence-electron chi connectivity index (χ2n) is 5.11. The van der Waals surface area contributed by atoms with Gasteiger partial charge in [0.2, 0.25) is 0 Å². The number of carboxylic acid groups (broad SMARTS) is 1. The molecule has 126 valence electrons. The van der Waals surface area contributed by atoms with Crippen LogP contribution in [0.2, 0.25) is 0 Å². The quantitative estimate of drug-likeness (QED) is 0.499. The number of carboxylic acids is 1. The standard InChI is InChI=1S/C16H10N2O7/c19-14(20)8-25-11-3-1-2-9(6-11)17-15(21)12-5-4-10(18(23)24)7-13(12)16(17)22/h1-7H,8H2,(H,19,20). The molecular weight excluding hydrogens is 332 g/mol. The number of carbonyl (C=O) groups is 3. The Morgan fingerprint density at radius 1 is 1.12 bits per heavy atom. The lowest BCUT2D eigenvalue weighted by molar-refractivity contribution is -0.384. The highest BCUT2D eigenvalue weighted by atomic mass is 16.6. The van der Waals surface area contributed by atoms with Crippen LogP contribution in [0.25, 0.3) is 0 Å². The van der Waals surface area contributed by atoms with Gasteiger partial charge in [0.05, 0.1) is 21.7 Å². The van der Waals surface area contributed by atoms with Crippen molar-refractivity contribution in [2.45, 2.75) is 0 Å². The number of non-ortho nitro benzene ring substituents is 1. The molecule has 0 fully saturated rings. The fraction of sp³-hybridized carbons (Fsp3) is 0.0625. The number of ether oxygens (including phenoxy) is 1. The molecule has 2 aromatic carbocycles. The Hall–Kier alpha value is -3.75. The number of rotatable bonds is 5. The summed E-state index contributed by atoms with van der Waals surface area (Å²) in [5.74, 6) is -2.31. The third-order valence-electron chi connectivity index (χ3n) is 3.52. The van der Waals surface area contributed by atoms with E-state index in [1.807, 2.05) is 0 Å². The Bertz CT molecular complexity index is 922. The van der Waals surface area contributed by atoms with Crippen molar-refractivity contribution < 1.29 is 29.2 Å². The molecule has 0 unspecified atom stereocenters. The van der Waals surface area contributed by atoms with Crippen LogP contribution in [0.4, 0.5) is 11.4 Å². The van der Waals surface area contributed by atoms with Gasteiger partial charge >= 0.3 is 5.97 Å². The van der Waals surface area contributed by atoms with Gasteiger partial charge in [0.25, 0.3) is 17.5 Å². The van der Waals surface area contributed by atoms with Crippen LogP contribution in [0.3, 0.4) is 0 Å². The summed E-state index contributed by atoms with van der Waals surface area (Å²) in [6, 6.07) is 9.25. The Kier molecular flexibility index (Phi) is 3.89. The van der Waals surface area contributed by atoms with Crippen molar-refractivity contribution >= 4 is 29.2 Å². The van der Waals surface area contributed by atoms with E-state index in [4.69, 9.17) is 9.84 Å². The minimum absolute atomic E-state index is 0.0592. The van der Waals surface area contributed by atoms with Gasteiger partial charge in [-0.3, -0.25) is 19.7 Å². The van der Waals surface area contributed by atoms with Crippen molar-refractivity contribution in [2.75, 3.05) is 11.5 Å². The second kappa shape index (κ2) is 6.04. The molecular formula is C16H10N2O7. The molecule has 0 radical (unpaired) electrons. The van der Waals surface area contributed by atoms with Crippen molar-refractivity contribution in [1.29, 1.82) is 0 Å². The summed E-state index contributed by atoms with van der Waals surface area (Å²) in [5, 5.41) is 19.5. The zero-order valence-electron chi connectivity index (χ0n) is 12.5. The van der Waals surface area contributed by atoms with Gasteiger partial charge in [0.15, 0.2) is 6.61 Å². The van der Waals surface area contributed by atoms with Gasteiger partial charge in [-0.1, -0.05) is 6.07 Å². The van der Waals surface area contributed by atoms with Crippen molar-refractivity contribution in [3.63, 3.8) is 0 Å². The van der Waals surface area contributed by atoms with E-state index in [1.165, 1.54) is 30.3 Å². The number of nitrogens with zero attached hydrogens (tertiary/aromatic N) is 2. The van der Waals surface area contributed by atoms with Crippen molar-refractivity contribution in [1.82, 2.24) is 0 Å². The van der Waals surface area contributed by atoms with Crippen molar-refractivity contribution in [3.05, 3.63) is 63.7 Å². The molecule has 2 amide bonds. The third-order valence-corrected chi connectivity index (χ3v) is 3.52. The van der Waals surface area contributed by atoms with Crippen molar-refractivity contribution in [3.8, 4) is 5.75 Å². The Morgan fingerprint density at radius 2 is 1.84 bits per heavy atom. The molecule has 1 heterocycles. The first-order valence-corrected chi connectivity index (χ1v) is 7.00. The highest BCUT2D eigenvalue weighted by molar-refractivity contribution is 6.34. The maximum Gasteiger partial charge on any atom is 0.341 e. The van der Waals surface area contributed by atoms with Crippen LogP contribution in [-0.2, 0) is 4.79 Å². The third kappa shape index (κ3) is 2.90. The highest BCUT2D eigenvalue weighted by Crippen LogP contribution is 2.32. The molecule has 1 aliphatic heterocycles. The van der Waals surface area contributed by atoms with Gasteiger partial charge in [0, 0.05) is 18.2 Å². The Morgan fingerprint density at radius 3 is 2.52 bits per heavy atom. The van der Waals surface area contributed by atoms with E-state index in [1.54, 1.807) is 0 Å². The molecule has 0 saturated heterocycles. The van der Waals surface area contributed by atoms with E-state index >= 15 is 0 Å². The molecule has 25 heavy (non-hydrogen) atoms. The van der Waals surface area contributed by atoms with Gasteiger partial charge in [-0.15, -0.1) is 0 Å². The summed E-state index contributed by atoms with van der Waals surface area (Å²) in [5.41, 5.74) is -0.111. The number of imide groups is 1. The minimum atomic E-state index is -1.17. The van der Waals surface area contributed by atoms with E-state index in [9.17, 15) is 24.5 Å². The van der Waals surface area contributed by atoms with Gasteiger partial charge in [-0.2, -0.15) is 0 Å². The number of fused-ring (bicyclic) bond motifs is 1. The predicted molar refractivity (Wildman–Crippen MR) is 83.8 cm³/mol. The maximum absolute atomic E-state index is 12.5. The number of carbonyl (C=O) groups excluding carboxylic acids is 2. The summed E-state index contributed by atoms with van der Waals surface area (Å²) in [7, 11) is 0. The lowest BCUT2D eigenvalue weighted by Gasteiger charge is -2.15. The fourth-order valence-electron chi connectivity index (χ4n) is 2.43. The normalized spacial score (nSPS) is 12.9. The molecule has 9 heteroatoms. The number of hydrogen-bond donors (Lipinski definition) is 1. The second-order valence-corrected chi connectivity index (χ2v) is 5.11. The van der Waals surface area contributed by atoms with Crippen LogP contribution in [0.1, 0.15) is 20.7 Å². The number of aliphatic carboxylic acids is 1. The topological polar surface area (TPSA) is 127 Å². The SMILES string of the molecule is O=C(O)COc1cccc(N2C(=O)c3ccc([N+](=O)[O-])cc3C2=O)c1. The van der Waals surface area contributed by atoms with Gasteiger partial charge in [-0.25, -0.2) is 9.69 Å². The summed E-state index contributed by atoms with van der Waals surface area (Å²) in [4.78, 5) is 46.6. The number of nitro groups is 1. The van der Waals surface area contributed by atoms with Gasteiger partial charge in [0.1, 0.15) is 5.75 Å². The lowest BCUT2D eigenvalue weighted by atomic mass is 10.1. The number of anilines is 1. The molecule has 0 bridgehead atoms. The van der Waals surface area contributed by atoms with E-state index in [-0.39, 0.29) is 28.3 Å². The highest BCUT2D eigenvalue weighted by Gasteiger charge is 2.38. The molecule has 0 aromatic heterocycles. The van der Waals surface area contributed by atoms with Crippen molar-refractivity contribution in [2.24, 2.45) is 0 Å². The number of benzene rings is 2. The smallest absolute Gasteiger partial charge is 0.341 e. The summed E-state index contributed by atoms with van der Waals surface area (Å²) < 4.78 is 5.03. The predicted octanol–water partition coefficient (Wildman–Crippen LogP) is 1.86. The van der Waals surface area contributed by atoms with Crippen LogP contribution in [0, 0.1) is 10.1 Å². The van der Waals surface area contributed by atoms with E-state index < -0.39 is 29.3 Å². The molecule has 3 rings (SSSR count). The van der Waals surface area contributed by atoms with E-state index in [2.05, 4.69) is 0 Å². The van der Waals surface area contributed by atoms with Crippen LogP contribution >= 0.6 is 0 Å². The summed E-state index contributed by atoms with van der Waals surface area (Å²) in [6.07, 6.45) is 0. The van der Waals surface area contributed by atoms with Crippen LogP contribution < -0.4 is 9.64 Å². The summed E-state index contributed by atoms with van der Waals surface area (Å²) >= 11 is 0. The maximum atomic E-state index is 12.5. The average Bonchev–Trinajstić information content (AvgIpc) is 2.84. The zero-order valence-corrected chi connectivity index (χ0v) is 12.5. The lowest BCUT2D eigenvalue weighted by Crippen LogP contribution is -2.29. The largest absolute Gasteiger partial charge is 0.482 e. The first kappa shape index (κ1) is 16.1. The molecule has 0 spiro atoms. The van der Waals surface area contributed by atoms with Gasteiger partial charge < -0.3 is 9.84 Å². The first-order valence-electron chi connectivity index (χ1n) is 7.00. The number of amides is 2. The minimum Gasteiger partial charge on any atom is -0.482 e. The summed E-state index contributed by atoms with van der Waals surface area (Å²) in [6.45, 7) is -0.572. The number of hydrogen-bond acceptors (Lipinski definition) is 6. The molecule has 0 aliphatic carbocycles. The molecule has 0 saturated carbocycles. The molecule has 1 aliphatic rings. The van der Waals surface area contributed by atoms with Crippen LogP contribution in [-0.4, -0.2) is 34.4 Å². The van der Waals surface area contributed by atoms with Crippen LogP contribution in [0.15, 0.2) is 42.5 Å². The van der Waals surface area contributed by atoms with Crippen LogP contribution in [0.5, 0.6) is 5.75 Å². The molecule has 2 aromatic rings. The Labute approximate surface area is 140 Å². The fourth-order valence-corrected chi connectivity index (χ4v) is 2.43. The molecule has 9 nitrogen and oxygen atoms in total. The molecule has 0 atom stereocenters. The van der Waals surface area contributed by atoms with E-state index in [0.717, 1.165) is 17.0 Å². The van der Waals surface area contributed by atoms with E-state index in [0.29, 0.717) is 0 Å². The number of nitro benzene ring substituents is 1. The Balaban J connectivity index is 1.95. The zero-order chi connectivity index (χ0) is 18.1.